The van der Waals surface area contributed by atoms with Gasteiger partial charge in [0, 0.05) is 24.5 Å². The van der Waals surface area contributed by atoms with Gasteiger partial charge in [0.15, 0.2) is 0 Å². The highest BCUT2D eigenvalue weighted by atomic mass is 32.2. The summed E-state index contributed by atoms with van der Waals surface area (Å²) < 4.78 is 3.64. The van der Waals surface area contributed by atoms with Crippen molar-refractivity contribution in [1.29, 1.82) is 0 Å². The lowest BCUT2D eigenvalue weighted by Crippen LogP contribution is -2.55. The smallest absolute Gasteiger partial charge is 0.119 e. The van der Waals surface area contributed by atoms with Crippen molar-refractivity contribution in [3.8, 4) is 11.1 Å². The molecule has 3 rings (SSSR count). The number of carbonyl (C=O) groups excluding carboxylic acids is 1. The summed E-state index contributed by atoms with van der Waals surface area (Å²) in [6.45, 7) is 0. The predicted octanol–water partition coefficient (Wildman–Crippen LogP) is 4.96. The minimum Gasteiger partial charge on any atom is -0.303 e. The Kier molecular flexibility index (Phi) is 8.13. The number of likely N-dealkylation sites (tertiary alicyclic amines) is 1. The maximum atomic E-state index is 10.7. The zero-order valence-corrected chi connectivity index (χ0v) is 17.8. The molecule has 3 nitrogen and oxygen atoms in total. The maximum Gasteiger partial charge on any atom is 0.119 e. The van der Waals surface area contributed by atoms with Gasteiger partial charge in [-0.1, -0.05) is 66.5 Å². The zero-order valence-electron chi connectivity index (χ0n) is 17.0. The summed E-state index contributed by atoms with van der Waals surface area (Å²) in [6.07, 6.45) is 9.39. The van der Waals surface area contributed by atoms with Gasteiger partial charge in [0.1, 0.15) is 6.29 Å². The van der Waals surface area contributed by atoms with E-state index in [0.717, 1.165) is 25.5 Å². The molecule has 3 unspecified atom stereocenters. The van der Waals surface area contributed by atoms with Crippen LogP contribution in [-0.4, -0.2) is 42.6 Å². The van der Waals surface area contributed by atoms with Gasteiger partial charge in [-0.15, -0.1) is 0 Å². The Morgan fingerprint density at radius 1 is 1.11 bits per heavy atom. The molecule has 0 aromatic heterocycles. The van der Waals surface area contributed by atoms with E-state index in [2.05, 4.69) is 77.5 Å². The number of nitrogens with one attached hydrogen (secondary N) is 1. The van der Waals surface area contributed by atoms with Gasteiger partial charge >= 0.3 is 0 Å². The number of hydrogen-bond acceptors (Lipinski definition) is 4. The third kappa shape index (κ3) is 5.47. The Morgan fingerprint density at radius 2 is 1.89 bits per heavy atom. The number of hydrogen-bond donors (Lipinski definition) is 1. The van der Waals surface area contributed by atoms with Gasteiger partial charge in [0.25, 0.3) is 0 Å². The van der Waals surface area contributed by atoms with Crippen LogP contribution in [0.15, 0.2) is 54.6 Å². The normalized spacial score (nSPS) is 22.9. The minimum absolute atomic E-state index is 0.466. The highest BCUT2D eigenvalue weighted by Crippen LogP contribution is 2.29. The van der Waals surface area contributed by atoms with Crippen molar-refractivity contribution in [2.45, 2.75) is 56.7 Å². The second kappa shape index (κ2) is 10.8. The predicted molar refractivity (Wildman–Crippen MR) is 121 cm³/mol. The molecule has 0 aliphatic carbocycles. The zero-order chi connectivity index (χ0) is 19.8. The number of unbranched alkanes of at least 4 members (excludes halogenated alkanes) is 1. The van der Waals surface area contributed by atoms with Crippen LogP contribution >= 0.6 is 11.9 Å². The van der Waals surface area contributed by atoms with Crippen LogP contribution in [-0.2, 0) is 11.2 Å². The second-order valence-electron chi connectivity index (χ2n) is 7.76. The largest absolute Gasteiger partial charge is 0.303 e. The van der Waals surface area contributed by atoms with E-state index in [4.69, 9.17) is 0 Å². The maximum absolute atomic E-state index is 10.7. The van der Waals surface area contributed by atoms with Crippen molar-refractivity contribution in [1.82, 2.24) is 9.62 Å². The molecule has 1 fully saturated rings. The Bertz CT molecular complexity index is 736. The molecule has 0 spiro atoms. The quantitative estimate of drug-likeness (QED) is 0.369. The minimum atomic E-state index is 0.466. The number of carbonyl (C=O) groups is 1. The molecule has 3 atom stereocenters. The molecule has 150 valence electrons. The summed E-state index contributed by atoms with van der Waals surface area (Å²) in [7, 11) is 2.27. The Hall–Kier alpha value is -1.62. The topological polar surface area (TPSA) is 32.3 Å². The number of rotatable bonds is 9. The third-order valence-corrected chi connectivity index (χ3v) is 6.52. The van der Waals surface area contributed by atoms with Gasteiger partial charge in [-0.25, -0.2) is 0 Å². The van der Waals surface area contributed by atoms with E-state index >= 15 is 0 Å². The highest BCUT2D eigenvalue weighted by Gasteiger charge is 2.34. The van der Waals surface area contributed by atoms with Crippen molar-refractivity contribution in [2.24, 2.45) is 0 Å². The lowest BCUT2D eigenvalue weighted by Gasteiger charge is -2.45. The van der Waals surface area contributed by atoms with E-state index in [1.165, 1.54) is 29.5 Å². The number of benzene rings is 2. The van der Waals surface area contributed by atoms with Crippen LogP contribution in [0.25, 0.3) is 11.1 Å². The molecule has 0 radical (unpaired) electrons. The molecule has 1 saturated heterocycles. The van der Waals surface area contributed by atoms with Crippen LogP contribution in [0.2, 0.25) is 0 Å². The second-order valence-corrected chi connectivity index (χ2v) is 8.40. The molecule has 4 heteroatoms. The number of nitrogens with zero attached hydrogens (tertiary/aromatic N) is 1. The summed E-state index contributed by atoms with van der Waals surface area (Å²) in [4.78, 5) is 13.3. The number of aldehydes is 1. The van der Waals surface area contributed by atoms with Crippen LogP contribution in [0.1, 0.15) is 37.7 Å². The van der Waals surface area contributed by atoms with Crippen molar-refractivity contribution in [3.05, 3.63) is 60.2 Å². The molecule has 0 amide bonds. The average Bonchev–Trinajstić information content (AvgIpc) is 2.73. The fraction of sp³-hybridized carbons (Fsp3) is 0.458. The van der Waals surface area contributed by atoms with Gasteiger partial charge in [-0.2, -0.15) is 0 Å². The van der Waals surface area contributed by atoms with Gasteiger partial charge in [-0.3, -0.25) is 9.62 Å². The van der Waals surface area contributed by atoms with Crippen LogP contribution in [0, 0.1) is 0 Å². The van der Waals surface area contributed by atoms with Crippen molar-refractivity contribution < 1.29 is 4.79 Å². The summed E-state index contributed by atoms with van der Waals surface area (Å²) in [6, 6.07) is 21.1. The molecule has 2 aromatic rings. The number of likely N-dealkylation sites (N-methyl/N-ethyl adjacent to an activating group) is 1. The summed E-state index contributed by atoms with van der Waals surface area (Å²) in [5.41, 5.74) is 3.94. The van der Waals surface area contributed by atoms with Crippen molar-refractivity contribution >= 4 is 18.2 Å². The molecular weight excluding hydrogens is 364 g/mol. The van der Waals surface area contributed by atoms with Gasteiger partial charge in [0.2, 0.25) is 0 Å². The van der Waals surface area contributed by atoms with Crippen molar-refractivity contribution in [2.75, 3.05) is 13.3 Å². The summed E-state index contributed by atoms with van der Waals surface area (Å²) in [5.74, 6) is 0. The van der Waals surface area contributed by atoms with E-state index in [1.54, 1.807) is 11.9 Å². The molecule has 0 saturated carbocycles. The molecule has 0 bridgehead atoms. The Balaban J connectivity index is 1.75. The third-order valence-electron chi connectivity index (χ3n) is 5.98. The van der Waals surface area contributed by atoms with E-state index in [1.807, 2.05) is 0 Å². The first-order chi connectivity index (χ1) is 13.7. The lowest BCUT2D eigenvalue weighted by atomic mass is 9.86. The molecule has 1 aliphatic heterocycles. The van der Waals surface area contributed by atoms with Crippen LogP contribution < -0.4 is 4.72 Å². The average molecular weight is 397 g/mol. The SMILES string of the molecule is CSNC1CCC(CCCC=O)N(C)C1Cc1cccc(-c2ccccc2)c1. The molecule has 1 N–H and O–H groups in total. The van der Waals surface area contributed by atoms with Gasteiger partial charge in [-0.05, 0) is 62.1 Å². The first kappa shape index (κ1) is 21.1. The molecule has 2 aromatic carbocycles. The van der Waals surface area contributed by atoms with E-state index in [9.17, 15) is 4.79 Å². The lowest BCUT2D eigenvalue weighted by molar-refractivity contribution is -0.108. The van der Waals surface area contributed by atoms with Crippen LogP contribution in [0.5, 0.6) is 0 Å². The van der Waals surface area contributed by atoms with Crippen molar-refractivity contribution in [3.63, 3.8) is 0 Å². The first-order valence-corrected chi connectivity index (χ1v) is 11.5. The van der Waals surface area contributed by atoms with E-state index in [0.29, 0.717) is 24.5 Å². The summed E-state index contributed by atoms with van der Waals surface area (Å²) in [5, 5.41) is 0. The van der Waals surface area contributed by atoms with Crippen LogP contribution in [0.3, 0.4) is 0 Å². The highest BCUT2D eigenvalue weighted by molar-refractivity contribution is 7.96. The fourth-order valence-corrected chi connectivity index (χ4v) is 5.01. The first-order valence-electron chi connectivity index (χ1n) is 10.3. The van der Waals surface area contributed by atoms with Gasteiger partial charge < -0.3 is 4.79 Å². The fourth-order valence-electron chi connectivity index (χ4n) is 4.43. The monoisotopic (exact) mass is 396 g/mol. The Labute approximate surface area is 174 Å². The Morgan fingerprint density at radius 3 is 2.64 bits per heavy atom. The van der Waals surface area contributed by atoms with Gasteiger partial charge in [0.05, 0.1) is 0 Å². The summed E-state index contributed by atoms with van der Waals surface area (Å²) >= 11 is 1.72. The number of piperidine rings is 1. The molecule has 28 heavy (non-hydrogen) atoms. The molecule has 1 aliphatic rings. The van der Waals surface area contributed by atoms with E-state index < -0.39 is 0 Å². The van der Waals surface area contributed by atoms with E-state index in [-0.39, 0.29) is 0 Å². The standard InChI is InChI=1S/C24H32N2OS/c1-26-22(13-6-7-16-27)14-15-23(25-28-2)24(26)18-19-9-8-12-21(17-19)20-10-4-3-5-11-20/h3-5,8-12,16-17,22-25H,6-7,13-15,18H2,1-2H3. The van der Waals surface area contributed by atoms with Crippen LogP contribution in [0.4, 0.5) is 0 Å². The molecular formula is C24H32N2OS. The molecule has 1 heterocycles.